The van der Waals surface area contributed by atoms with Gasteiger partial charge in [-0.05, 0) is 25.7 Å². The van der Waals surface area contributed by atoms with Crippen LogP contribution in [0.3, 0.4) is 0 Å². The number of nitrogens with one attached hydrogen (secondary N) is 1. The van der Waals surface area contributed by atoms with Gasteiger partial charge in [-0.25, -0.2) is 4.21 Å². The molecule has 0 aliphatic heterocycles. The van der Waals surface area contributed by atoms with Gasteiger partial charge in [-0.15, -0.1) is 0 Å². The smallest absolute Gasteiger partial charge is 0.234 e. The molecule has 0 radical (unpaired) electrons. The van der Waals surface area contributed by atoms with Crippen LogP contribution in [0.2, 0.25) is 0 Å². The zero-order valence-corrected chi connectivity index (χ0v) is 7.77. The maximum absolute atomic E-state index is 10.4. The summed E-state index contributed by atoms with van der Waals surface area (Å²) in [6, 6.07) is 0. The van der Waals surface area contributed by atoms with Gasteiger partial charge in [-0.3, -0.25) is 4.55 Å². The van der Waals surface area contributed by atoms with E-state index >= 15 is 0 Å². The molecule has 1 rings (SSSR count). The second kappa shape index (κ2) is 4.32. The Morgan fingerprint density at radius 2 is 1.67 bits per heavy atom. The zero-order valence-electron chi connectivity index (χ0n) is 6.95. The van der Waals surface area contributed by atoms with Crippen molar-refractivity contribution in [2.75, 3.05) is 0 Å². The lowest BCUT2D eigenvalue weighted by molar-refractivity contribution is 0.0135. The average molecular weight is 193 g/mol. The fraction of sp³-hybridized carbons (Fsp3) is 1.00. The SMILES string of the molecule is O=S(O)NC1(O)CCCCCC1. The normalized spacial score (nSPS) is 26.2. The fourth-order valence-corrected chi connectivity index (χ4v) is 2.11. The topological polar surface area (TPSA) is 69.6 Å². The minimum atomic E-state index is -2.11. The molecule has 1 aliphatic carbocycles. The first-order chi connectivity index (χ1) is 5.62. The van der Waals surface area contributed by atoms with E-state index in [2.05, 4.69) is 4.72 Å². The van der Waals surface area contributed by atoms with E-state index in [1.165, 1.54) is 0 Å². The van der Waals surface area contributed by atoms with Gasteiger partial charge in [0.1, 0.15) is 5.72 Å². The summed E-state index contributed by atoms with van der Waals surface area (Å²) >= 11 is -2.11. The van der Waals surface area contributed by atoms with Crippen molar-refractivity contribution in [1.82, 2.24) is 4.72 Å². The maximum atomic E-state index is 10.4. The van der Waals surface area contributed by atoms with E-state index in [9.17, 15) is 9.32 Å². The molecule has 72 valence electrons. The summed E-state index contributed by atoms with van der Waals surface area (Å²) in [5.41, 5.74) is -1.11. The van der Waals surface area contributed by atoms with Crippen LogP contribution in [0.4, 0.5) is 0 Å². The standard InChI is InChI=1S/C7H15NO3S/c9-7(8-12(10)11)5-3-1-2-4-6-7/h8-9H,1-6H2,(H,10,11). The second-order valence-corrected chi connectivity index (χ2v) is 4.00. The molecule has 0 aromatic heterocycles. The Bertz CT molecular complexity index is 166. The Morgan fingerprint density at radius 3 is 2.08 bits per heavy atom. The van der Waals surface area contributed by atoms with Gasteiger partial charge in [0.25, 0.3) is 0 Å². The molecular weight excluding hydrogens is 178 g/mol. The zero-order chi connectivity index (χ0) is 9.03. The Kier molecular flexibility index (Phi) is 3.64. The molecule has 0 heterocycles. The molecule has 0 aromatic carbocycles. The first-order valence-electron chi connectivity index (χ1n) is 4.23. The van der Waals surface area contributed by atoms with Crippen molar-refractivity contribution < 1.29 is 13.9 Å². The third kappa shape index (κ3) is 3.18. The maximum Gasteiger partial charge on any atom is 0.234 e. The van der Waals surface area contributed by atoms with E-state index in [-0.39, 0.29) is 0 Å². The van der Waals surface area contributed by atoms with Gasteiger partial charge in [0.15, 0.2) is 0 Å². The van der Waals surface area contributed by atoms with Crippen molar-refractivity contribution >= 4 is 11.3 Å². The summed E-state index contributed by atoms with van der Waals surface area (Å²) < 4.78 is 21.3. The highest BCUT2D eigenvalue weighted by molar-refractivity contribution is 7.77. The number of hydrogen-bond acceptors (Lipinski definition) is 2. The summed E-state index contributed by atoms with van der Waals surface area (Å²) in [4.78, 5) is 0. The van der Waals surface area contributed by atoms with E-state index in [1.807, 2.05) is 0 Å². The van der Waals surface area contributed by atoms with Gasteiger partial charge in [0.2, 0.25) is 11.3 Å². The summed E-state index contributed by atoms with van der Waals surface area (Å²) in [6.45, 7) is 0. The molecule has 4 nitrogen and oxygen atoms in total. The lowest BCUT2D eigenvalue weighted by Gasteiger charge is -2.25. The van der Waals surface area contributed by atoms with Crippen molar-refractivity contribution in [2.24, 2.45) is 0 Å². The Labute approximate surface area is 74.8 Å². The molecule has 1 atom stereocenters. The van der Waals surface area contributed by atoms with Crippen LogP contribution in [0.1, 0.15) is 38.5 Å². The summed E-state index contributed by atoms with van der Waals surface area (Å²) in [7, 11) is 0. The predicted molar refractivity (Wildman–Crippen MR) is 46.6 cm³/mol. The van der Waals surface area contributed by atoms with Crippen LogP contribution in [-0.4, -0.2) is 19.6 Å². The van der Waals surface area contributed by atoms with Crippen LogP contribution in [0.25, 0.3) is 0 Å². The summed E-state index contributed by atoms with van der Waals surface area (Å²) in [5, 5.41) is 9.76. The number of aliphatic hydroxyl groups is 1. The van der Waals surface area contributed by atoms with Crippen LogP contribution in [-0.2, 0) is 11.3 Å². The average Bonchev–Trinajstić information content (AvgIpc) is 2.12. The van der Waals surface area contributed by atoms with Crippen LogP contribution >= 0.6 is 0 Å². The molecule has 12 heavy (non-hydrogen) atoms. The molecular formula is C7H15NO3S. The van der Waals surface area contributed by atoms with Crippen molar-refractivity contribution in [3.8, 4) is 0 Å². The van der Waals surface area contributed by atoms with Crippen LogP contribution in [0, 0.1) is 0 Å². The third-order valence-corrected chi connectivity index (χ3v) is 2.76. The van der Waals surface area contributed by atoms with Crippen LogP contribution < -0.4 is 4.72 Å². The molecule has 0 bridgehead atoms. The van der Waals surface area contributed by atoms with Gasteiger partial charge in [0, 0.05) is 0 Å². The molecule has 5 heteroatoms. The number of hydrogen-bond donors (Lipinski definition) is 3. The lowest BCUT2D eigenvalue weighted by Crippen LogP contribution is -2.45. The first-order valence-corrected chi connectivity index (χ1v) is 5.34. The Hall–Kier alpha value is 0.0300. The predicted octanol–water partition coefficient (Wildman–Crippen LogP) is 0.755. The minimum Gasteiger partial charge on any atom is -0.375 e. The van der Waals surface area contributed by atoms with Gasteiger partial charge in [0.05, 0.1) is 0 Å². The van der Waals surface area contributed by atoms with E-state index in [1.54, 1.807) is 0 Å². The highest BCUT2D eigenvalue weighted by Crippen LogP contribution is 2.24. The molecule has 0 amide bonds. The molecule has 0 spiro atoms. The van der Waals surface area contributed by atoms with Crippen molar-refractivity contribution in [1.29, 1.82) is 0 Å². The highest BCUT2D eigenvalue weighted by Gasteiger charge is 2.28. The quantitative estimate of drug-likeness (QED) is 0.344. The second-order valence-electron chi connectivity index (χ2n) is 3.30. The third-order valence-electron chi connectivity index (χ3n) is 2.21. The Balaban J connectivity index is 2.48. The number of rotatable bonds is 2. The van der Waals surface area contributed by atoms with Gasteiger partial charge < -0.3 is 5.11 Å². The largest absolute Gasteiger partial charge is 0.375 e. The van der Waals surface area contributed by atoms with E-state index < -0.39 is 17.0 Å². The minimum absolute atomic E-state index is 0.569. The fourth-order valence-electron chi connectivity index (χ4n) is 1.58. The lowest BCUT2D eigenvalue weighted by atomic mass is 10.1. The van der Waals surface area contributed by atoms with Crippen molar-refractivity contribution in [3.05, 3.63) is 0 Å². The molecule has 1 aliphatic rings. The monoisotopic (exact) mass is 193 g/mol. The summed E-state index contributed by atoms with van der Waals surface area (Å²) in [6.07, 6.45) is 5.17. The molecule has 0 saturated heterocycles. The van der Waals surface area contributed by atoms with Crippen molar-refractivity contribution in [3.63, 3.8) is 0 Å². The molecule has 0 aromatic rings. The van der Waals surface area contributed by atoms with Gasteiger partial charge >= 0.3 is 0 Å². The molecule has 3 N–H and O–H groups in total. The van der Waals surface area contributed by atoms with E-state index in [4.69, 9.17) is 4.55 Å². The molecule has 1 saturated carbocycles. The van der Waals surface area contributed by atoms with Gasteiger partial charge in [-0.1, -0.05) is 12.8 Å². The van der Waals surface area contributed by atoms with Crippen LogP contribution in [0.15, 0.2) is 0 Å². The molecule has 1 unspecified atom stereocenters. The van der Waals surface area contributed by atoms with E-state index in [0.717, 1.165) is 25.7 Å². The summed E-state index contributed by atoms with van der Waals surface area (Å²) in [5.74, 6) is 0. The highest BCUT2D eigenvalue weighted by atomic mass is 32.2. The van der Waals surface area contributed by atoms with E-state index in [0.29, 0.717) is 12.8 Å². The first kappa shape index (κ1) is 10.1. The van der Waals surface area contributed by atoms with Gasteiger partial charge in [-0.2, -0.15) is 4.72 Å². The van der Waals surface area contributed by atoms with Crippen LogP contribution in [0.5, 0.6) is 0 Å². The van der Waals surface area contributed by atoms with Crippen molar-refractivity contribution in [2.45, 2.75) is 44.2 Å². The molecule has 1 fully saturated rings. The Morgan fingerprint density at radius 1 is 1.17 bits per heavy atom.